The van der Waals surface area contributed by atoms with Crippen LogP contribution in [0.4, 0.5) is 37.7 Å². The number of amides is 4. The number of fused-ring (bicyclic) bond motifs is 2. The van der Waals surface area contributed by atoms with Gasteiger partial charge in [0.05, 0.1) is 33.6 Å². The molecule has 0 spiro atoms. The number of hydrogen-bond donors (Lipinski definition) is 0. The van der Waals surface area contributed by atoms with Crippen LogP contribution in [0.25, 0.3) is 0 Å². The molecule has 14 heteroatoms. The molecule has 0 fully saturated rings. The van der Waals surface area contributed by atoms with Crippen molar-refractivity contribution in [3.05, 3.63) is 201 Å². The number of hydrogen-bond acceptors (Lipinski definition) is 6. The second kappa shape index (κ2) is 13.9. The van der Waals surface area contributed by atoms with Crippen molar-refractivity contribution in [1.29, 1.82) is 0 Å². The van der Waals surface area contributed by atoms with Crippen molar-refractivity contribution in [2.45, 2.75) is 17.8 Å². The van der Waals surface area contributed by atoms with Gasteiger partial charge in [-0.2, -0.15) is 26.3 Å². The summed E-state index contributed by atoms with van der Waals surface area (Å²) in [5.74, 6) is -3.81. The van der Waals surface area contributed by atoms with E-state index < -0.39 is 64.1 Å². The van der Waals surface area contributed by atoms with Gasteiger partial charge in [-0.15, -0.1) is 0 Å². The number of alkyl halides is 6. The molecule has 0 N–H and O–H groups in total. The van der Waals surface area contributed by atoms with E-state index in [9.17, 15) is 55.1 Å². The first-order valence-electron chi connectivity index (χ1n) is 17.6. The van der Waals surface area contributed by atoms with Crippen LogP contribution in [0.1, 0.15) is 84.4 Å². The molecule has 8 nitrogen and oxygen atoms in total. The monoisotopic (exact) mass is 802 g/mol. The lowest BCUT2D eigenvalue weighted by atomic mass is 9.72. The van der Waals surface area contributed by atoms with Gasteiger partial charge < -0.3 is 0 Å². The molecule has 2 aliphatic heterocycles. The largest absolute Gasteiger partial charge is 0.411 e. The molecule has 8 rings (SSSR count). The highest BCUT2D eigenvalue weighted by molar-refractivity contribution is 6.35. The summed E-state index contributed by atoms with van der Waals surface area (Å²) in [7, 11) is 0. The summed E-state index contributed by atoms with van der Waals surface area (Å²) < 4.78 is 89.7. The summed E-state index contributed by atoms with van der Waals surface area (Å²) >= 11 is 0. The first kappa shape index (κ1) is 38.4. The molecular weight excluding hydrogens is 778 g/mol. The summed E-state index contributed by atoms with van der Waals surface area (Å²) in [6, 6.07) is 28.4. The van der Waals surface area contributed by atoms with Crippen molar-refractivity contribution >= 4 is 46.6 Å². The van der Waals surface area contributed by atoms with Crippen LogP contribution in [0.2, 0.25) is 0 Å². The van der Waals surface area contributed by atoms with Crippen LogP contribution in [0, 0.1) is 0 Å². The Morgan fingerprint density at radius 3 is 0.831 bits per heavy atom. The van der Waals surface area contributed by atoms with E-state index in [0.29, 0.717) is 24.3 Å². The van der Waals surface area contributed by atoms with E-state index in [0.717, 1.165) is 34.1 Å². The first-order chi connectivity index (χ1) is 28.0. The smallest absolute Gasteiger partial charge is 0.289 e. The highest BCUT2D eigenvalue weighted by Gasteiger charge is 2.72. The maximum absolute atomic E-state index is 14.9. The highest BCUT2D eigenvalue weighted by Crippen LogP contribution is 2.56. The molecule has 6 aromatic rings. The van der Waals surface area contributed by atoms with Gasteiger partial charge in [-0.3, -0.25) is 28.8 Å². The molecule has 0 atom stereocenters. The van der Waals surface area contributed by atoms with Crippen LogP contribution >= 0.6 is 0 Å². The van der Waals surface area contributed by atoms with Crippen LogP contribution in [-0.4, -0.2) is 47.5 Å². The third-order valence-corrected chi connectivity index (χ3v) is 10.4. The Hall–Kier alpha value is -7.48. The van der Waals surface area contributed by atoms with Crippen molar-refractivity contribution in [2.24, 2.45) is 0 Å². The minimum Gasteiger partial charge on any atom is -0.289 e. The number of anilines is 2. The Kier molecular flexibility index (Phi) is 9.02. The normalized spacial score (nSPS) is 14.1. The molecule has 0 saturated carbocycles. The van der Waals surface area contributed by atoms with Gasteiger partial charge in [0.1, 0.15) is 0 Å². The van der Waals surface area contributed by atoms with Gasteiger partial charge >= 0.3 is 12.4 Å². The topological polar surface area (TPSA) is 109 Å². The summed E-state index contributed by atoms with van der Waals surface area (Å²) in [6.07, 6.45) is -11.9. The van der Waals surface area contributed by atoms with Crippen molar-refractivity contribution < 1.29 is 55.1 Å². The van der Waals surface area contributed by atoms with Crippen molar-refractivity contribution in [3.8, 4) is 0 Å². The number of carbonyl (C=O) groups excluding carboxylic acids is 6. The molecule has 0 radical (unpaired) electrons. The van der Waals surface area contributed by atoms with E-state index in [-0.39, 0.29) is 55.9 Å². The minimum absolute atomic E-state index is 0.0190. The second-order valence-electron chi connectivity index (χ2n) is 13.6. The Morgan fingerprint density at radius 2 is 0.593 bits per heavy atom. The zero-order valence-electron chi connectivity index (χ0n) is 30.0. The molecule has 0 aromatic heterocycles. The number of halogens is 6. The summed E-state index contributed by atoms with van der Waals surface area (Å²) in [5.41, 5.74) is -6.49. The van der Waals surface area contributed by atoms with Gasteiger partial charge in [0.2, 0.25) is 5.41 Å². The van der Waals surface area contributed by atoms with Crippen molar-refractivity contribution in [1.82, 2.24) is 0 Å². The fourth-order valence-corrected chi connectivity index (χ4v) is 7.43. The van der Waals surface area contributed by atoms with Gasteiger partial charge in [0.15, 0.2) is 11.6 Å². The SMILES string of the molecule is O=C(c1ccc(N2C(=O)c3ccccc3C2=O)cc1)c1ccc(C(c2ccc(C(=O)c3ccc(N4C(=O)c5ccccc5C4=O)cc3)cc2)(C(F)(F)F)C(F)(F)F)cc1. The standard InChI is InChI=1S/C45H24F6N2O6/c46-44(47,48)43(45(49,50)51,29-17-9-25(10-18-29)37(54)27-13-21-31(22-14-27)52-39(56)33-5-1-2-6-34(33)40(52)57)30-19-11-26(12-20-30)38(55)28-15-23-32(24-16-28)53-41(58)35-7-3-4-8-36(35)42(53)59/h1-24H. The number of nitrogens with zero attached hydrogens (tertiary/aromatic N) is 2. The Morgan fingerprint density at radius 1 is 0.356 bits per heavy atom. The van der Waals surface area contributed by atoms with Gasteiger partial charge in [-0.05, 0) is 83.9 Å². The molecule has 6 aromatic carbocycles. The molecule has 292 valence electrons. The quantitative estimate of drug-likeness (QED) is 0.0863. The molecule has 0 aliphatic carbocycles. The lowest BCUT2D eigenvalue weighted by Crippen LogP contribution is -2.54. The fraction of sp³-hybridized carbons (Fsp3) is 0.0667. The Bertz CT molecular complexity index is 2480. The van der Waals surface area contributed by atoms with Gasteiger partial charge in [0.25, 0.3) is 23.6 Å². The maximum Gasteiger partial charge on any atom is 0.411 e. The molecular formula is C45H24F6N2O6. The maximum atomic E-state index is 14.9. The molecule has 0 saturated heterocycles. The average Bonchev–Trinajstić information content (AvgIpc) is 3.64. The van der Waals surface area contributed by atoms with Crippen molar-refractivity contribution in [3.63, 3.8) is 0 Å². The number of carbonyl (C=O) groups is 6. The number of benzene rings is 6. The lowest BCUT2D eigenvalue weighted by Gasteiger charge is -2.38. The number of rotatable bonds is 8. The van der Waals surface area contributed by atoms with Crippen LogP contribution in [-0.2, 0) is 5.41 Å². The molecule has 59 heavy (non-hydrogen) atoms. The molecule has 2 aliphatic rings. The number of ketones is 2. The summed E-state index contributed by atoms with van der Waals surface area (Å²) in [4.78, 5) is 79.9. The minimum atomic E-state index is -5.96. The summed E-state index contributed by atoms with van der Waals surface area (Å²) in [5, 5.41) is 0. The van der Waals surface area contributed by atoms with Crippen LogP contribution < -0.4 is 9.80 Å². The zero-order chi connectivity index (χ0) is 42.0. The second-order valence-corrected chi connectivity index (χ2v) is 13.6. The van der Waals surface area contributed by atoms with E-state index in [2.05, 4.69) is 0 Å². The van der Waals surface area contributed by atoms with E-state index in [1.807, 2.05) is 0 Å². The number of imide groups is 2. The van der Waals surface area contributed by atoms with E-state index in [1.54, 1.807) is 24.3 Å². The van der Waals surface area contributed by atoms with E-state index in [4.69, 9.17) is 0 Å². The van der Waals surface area contributed by atoms with E-state index in [1.165, 1.54) is 72.8 Å². The highest BCUT2D eigenvalue weighted by atomic mass is 19.4. The van der Waals surface area contributed by atoms with Crippen molar-refractivity contribution in [2.75, 3.05) is 9.80 Å². The lowest BCUT2D eigenvalue weighted by molar-refractivity contribution is -0.288. The molecule has 0 unspecified atom stereocenters. The predicted molar refractivity (Wildman–Crippen MR) is 201 cm³/mol. The molecule has 2 heterocycles. The Labute approximate surface area is 329 Å². The van der Waals surface area contributed by atoms with Gasteiger partial charge in [-0.1, -0.05) is 72.8 Å². The van der Waals surface area contributed by atoms with Crippen LogP contribution in [0.5, 0.6) is 0 Å². The molecule has 4 amide bonds. The van der Waals surface area contributed by atoms with Gasteiger partial charge in [-0.25, -0.2) is 9.80 Å². The van der Waals surface area contributed by atoms with Crippen LogP contribution in [0.3, 0.4) is 0 Å². The predicted octanol–water partition coefficient (Wildman–Crippen LogP) is 9.16. The van der Waals surface area contributed by atoms with Gasteiger partial charge in [0, 0.05) is 22.3 Å². The Balaban J connectivity index is 1.04. The third-order valence-electron chi connectivity index (χ3n) is 10.4. The summed E-state index contributed by atoms with van der Waals surface area (Å²) in [6.45, 7) is 0. The zero-order valence-corrected chi connectivity index (χ0v) is 30.0. The third kappa shape index (κ3) is 6.02. The van der Waals surface area contributed by atoms with E-state index >= 15 is 0 Å². The first-order valence-corrected chi connectivity index (χ1v) is 17.6. The fourth-order valence-electron chi connectivity index (χ4n) is 7.43. The van der Waals surface area contributed by atoms with Crippen LogP contribution in [0.15, 0.2) is 146 Å². The average molecular weight is 803 g/mol. The molecule has 0 bridgehead atoms.